The summed E-state index contributed by atoms with van der Waals surface area (Å²) < 4.78 is 2.63. The highest BCUT2D eigenvalue weighted by Crippen LogP contribution is 2.46. The van der Waals surface area contributed by atoms with Gasteiger partial charge >= 0.3 is 0 Å². The maximum atomic E-state index is 2.43. The number of fused-ring (bicyclic) bond motifs is 6. The zero-order chi connectivity index (χ0) is 42.4. The normalized spacial score (nSPS) is 11.4. The van der Waals surface area contributed by atoms with E-state index in [9.17, 15) is 0 Å². The molecule has 0 spiro atoms. The molecule has 1 aromatic heterocycles. The van der Waals surface area contributed by atoms with Crippen molar-refractivity contribution >= 4 is 70.1 Å². The lowest BCUT2D eigenvalue weighted by Gasteiger charge is -2.29. The third kappa shape index (κ3) is 6.64. The van der Waals surface area contributed by atoms with Gasteiger partial charge in [0.05, 0.1) is 5.69 Å². The van der Waals surface area contributed by atoms with Crippen molar-refractivity contribution in [2.75, 3.05) is 4.90 Å². The lowest BCUT2D eigenvalue weighted by Crippen LogP contribution is -2.11. The van der Waals surface area contributed by atoms with Gasteiger partial charge in [-0.3, -0.25) is 0 Å². The maximum absolute atomic E-state index is 2.43. The minimum atomic E-state index is 1.09. The first-order valence-electron chi connectivity index (χ1n) is 21.9. The van der Waals surface area contributed by atoms with Crippen LogP contribution in [-0.4, -0.2) is 0 Å². The molecule has 12 aromatic rings. The Kier molecular flexibility index (Phi) is 9.43. The number of thiophene rings is 1. The summed E-state index contributed by atoms with van der Waals surface area (Å²) in [5.41, 5.74) is 15.3. The molecule has 1 heterocycles. The molecule has 0 aliphatic rings. The predicted molar refractivity (Wildman–Crippen MR) is 276 cm³/mol. The minimum absolute atomic E-state index is 1.09. The van der Waals surface area contributed by atoms with Gasteiger partial charge in [-0.15, -0.1) is 11.3 Å². The third-order valence-electron chi connectivity index (χ3n) is 12.7. The van der Waals surface area contributed by atoms with E-state index >= 15 is 0 Å². The fourth-order valence-corrected chi connectivity index (χ4v) is 10.8. The maximum Gasteiger partial charge on any atom is 0.0540 e. The Hall–Kier alpha value is -8.04. The zero-order valence-electron chi connectivity index (χ0n) is 35.0. The highest BCUT2D eigenvalue weighted by Gasteiger charge is 2.21. The molecule has 0 bridgehead atoms. The summed E-state index contributed by atoms with van der Waals surface area (Å²) in [6, 6.07) is 90.9. The van der Waals surface area contributed by atoms with Crippen molar-refractivity contribution in [1.82, 2.24) is 0 Å². The summed E-state index contributed by atoms with van der Waals surface area (Å²) in [5, 5.41) is 7.69. The van der Waals surface area contributed by atoms with Crippen molar-refractivity contribution < 1.29 is 0 Å². The summed E-state index contributed by atoms with van der Waals surface area (Å²) >= 11 is 1.86. The van der Waals surface area contributed by atoms with E-state index in [1.807, 2.05) is 11.3 Å². The van der Waals surface area contributed by atoms with Crippen molar-refractivity contribution in [2.45, 2.75) is 0 Å². The van der Waals surface area contributed by atoms with E-state index in [2.05, 4.69) is 254 Å². The lowest BCUT2D eigenvalue weighted by atomic mass is 9.88. The molecule has 1 nitrogen and oxygen atoms in total. The highest BCUT2D eigenvalue weighted by atomic mass is 32.1. The molecule has 0 N–H and O–H groups in total. The summed E-state index contributed by atoms with van der Waals surface area (Å²) in [6.45, 7) is 0. The first-order chi connectivity index (χ1) is 31.7. The van der Waals surface area contributed by atoms with E-state index in [0.29, 0.717) is 0 Å². The molecule has 0 unspecified atom stereocenters. The first kappa shape index (κ1) is 37.7. The van der Waals surface area contributed by atoms with Crippen LogP contribution in [0.25, 0.3) is 97.4 Å². The molecule has 0 aliphatic carbocycles. The van der Waals surface area contributed by atoms with Gasteiger partial charge in [-0.1, -0.05) is 200 Å². The summed E-state index contributed by atoms with van der Waals surface area (Å²) in [5.74, 6) is 0. The fourth-order valence-electron chi connectivity index (χ4n) is 9.66. The molecule has 12 rings (SSSR count). The summed E-state index contributed by atoms with van der Waals surface area (Å²) in [6.07, 6.45) is 0. The molecule has 2 heteroatoms. The third-order valence-corrected chi connectivity index (χ3v) is 13.8. The van der Waals surface area contributed by atoms with E-state index < -0.39 is 0 Å². The average Bonchev–Trinajstić information content (AvgIpc) is 3.75. The van der Waals surface area contributed by atoms with Gasteiger partial charge in [-0.2, -0.15) is 0 Å². The molecule has 0 atom stereocenters. The van der Waals surface area contributed by atoms with Crippen molar-refractivity contribution in [3.63, 3.8) is 0 Å². The highest BCUT2D eigenvalue weighted by molar-refractivity contribution is 7.25. The van der Waals surface area contributed by atoms with Gasteiger partial charge in [0.15, 0.2) is 0 Å². The molecule has 11 aromatic carbocycles. The largest absolute Gasteiger partial charge is 0.310 e. The van der Waals surface area contributed by atoms with E-state index in [1.54, 1.807) is 0 Å². The second kappa shape index (κ2) is 16.0. The number of rotatable bonds is 8. The van der Waals surface area contributed by atoms with Crippen molar-refractivity contribution in [1.29, 1.82) is 0 Å². The SMILES string of the molecule is c1ccc(-c2ccccc2-c2ccccc2-c2ccccc2N(c2ccc(-c3ccc4c(c3)sc3ccccc34)cc2)c2ccc(-c3cc4ccccc4c4ccccc34)cc2)cc1. The van der Waals surface area contributed by atoms with Crippen LogP contribution in [0.4, 0.5) is 17.1 Å². The number of anilines is 3. The van der Waals surface area contributed by atoms with E-state index in [1.165, 1.54) is 91.8 Å². The topological polar surface area (TPSA) is 3.24 Å². The van der Waals surface area contributed by atoms with E-state index in [0.717, 1.165) is 22.6 Å². The molecule has 0 saturated carbocycles. The quantitative estimate of drug-likeness (QED) is 0.138. The zero-order valence-corrected chi connectivity index (χ0v) is 35.8. The Labute approximate surface area is 377 Å². The van der Waals surface area contributed by atoms with Gasteiger partial charge in [-0.05, 0) is 120 Å². The van der Waals surface area contributed by atoms with Gasteiger partial charge in [0.1, 0.15) is 0 Å². The fraction of sp³-hybridized carbons (Fsp3) is 0. The molecule has 64 heavy (non-hydrogen) atoms. The molecule has 0 saturated heterocycles. The molecular formula is C62H41NS. The molecule has 0 fully saturated rings. The average molecular weight is 832 g/mol. The smallest absolute Gasteiger partial charge is 0.0540 e. The molecule has 300 valence electrons. The van der Waals surface area contributed by atoms with Crippen LogP contribution in [0, 0.1) is 0 Å². The Morgan fingerprint density at radius 1 is 0.250 bits per heavy atom. The Morgan fingerprint density at radius 3 is 1.47 bits per heavy atom. The first-order valence-corrected chi connectivity index (χ1v) is 22.7. The Bertz CT molecular complexity index is 3660. The van der Waals surface area contributed by atoms with Crippen molar-refractivity contribution in [3.8, 4) is 55.6 Å². The number of para-hydroxylation sites is 1. The lowest BCUT2D eigenvalue weighted by molar-refractivity contribution is 1.28. The van der Waals surface area contributed by atoms with Crippen LogP contribution < -0.4 is 4.90 Å². The Morgan fingerprint density at radius 2 is 0.734 bits per heavy atom. The van der Waals surface area contributed by atoms with Crippen molar-refractivity contribution in [2.24, 2.45) is 0 Å². The van der Waals surface area contributed by atoms with Crippen LogP contribution in [0.1, 0.15) is 0 Å². The van der Waals surface area contributed by atoms with Gasteiger partial charge < -0.3 is 4.90 Å². The van der Waals surface area contributed by atoms with E-state index in [-0.39, 0.29) is 0 Å². The number of hydrogen-bond acceptors (Lipinski definition) is 2. The van der Waals surface area contributed by atoms with Crippen LogP contribution in [-0.2, 0) is 0 Å². The number of nitrogens with zero attached hydrogens (tertiary/aromatic N) is 1. The van der Waals surface area contributed by atoms with E-state index in [4.69, 9.17) is 0 Å². The Balaban J connectivity index is 1.01. The minimum Gasteiger partial charge on any atom is -0.310 e. The number of benzene rings is 11. The van der Waals surface area contributed by atoms with Gasteiger partial charge in [0.25, 0.3) is 0 Å². The van der Waals surface area contributed by atoms with Gasteiger partial charge in [0.2, 0.25) is 0 Å². The molecular weight excluding hydrogens is 791 g/mol. The molecule has 0 radical (unpaired) electrons. The summed E-state index contributed by atoms with van der Waals surface area (Å²) in [4.78, 5) is 2.43. The second-order valence-corrected chi connectivity index (χ2v) is 17.5. The monoisotopic (exact) mass is 831 g/mol. The second-order valence-electron chi connectivity index (χ2n) is 16.4. The number of hydrogen-bond donors (Lipinski definition) is 0. The van der Waals surface area contributed by atoms with Gasteiger partial charge in [-0.25, -0.2) is 0 Å². The molecule has 0 amide bonds. The van der Waals surface area contributed by atoms with Crippen LogP contribution in [0.5, 0.6) is 0 Å². The van der Waals surface area contributed by atoms with Crippen LogP contribution in [0.2, 0.25) is 0 Å². The predicted octanol–water partition coefficient (Wildman–Crippen LogP) is 18.2. The standard InChI is InChI=1S/C62H41NS/c1-2-16-43(17-3-1)49-19-6-7-21-51(49)53-23-9-10-24-54(53)56-26-12-14-28-60(56)63(47-35-30-42(31-36-47)45-34-39-58-57-27-13-15-29-61(57)64-62(58)41-45)48-37-32-44(33-38-48)59-40-46-18-4-5-20-50(46)52-22-8-11-25-55(52)59/h1-41H. The molecule has 0 aliphatic heterocycles. The van der Waals surface area contributed by atoms with Gasteiger partial charge in [0, 0.05) is 37.1 Å². The summed E-state index contributed by atoms with van der Waals surface area (Å²) in [7, 11) is 0. The van der Waals surface area contributed by atoms with Crippen LogP contribution in [0.3, 0.4) is 0 Å². The van der Waals surface area contributed by atoms with Crippen molar-refractivity contribution in [3.05, 3.63) is 249 Å². The van der Waals surface area contributed by atoms with Crippen LogP contribution in [0.15, 0.2) is 249 Å². The van der Waals surface area contributed by atoms with Crippen LogP contribution >= 0.6 is 11.3 Å².